The zero-order valence-electron chi connectivity index (χ0n) is 8.04. The molecule has 0 aliphatic heterocycles. The molecular formula is C12H10Cl2O. The highest BCUT2D eigenvalue weighted by atomic mass is 35.5. The van der Waals surface area contributed by atoms with Crippen molar-refractivity contribution in [3.05, 3.63) is 40.9 Å². The molecule has 1 aromatic carbocycles. The highest BCUT2D eigenvalue weighted by Gasteiger charge is 2.38. The SMILES string of the molecule is O=C/C(=C\C1(Cl)CC1)c1ccc(Cl)cc1. The molecule has 2 rings (SSSR count). The molecule has 3 heteroatoms. The summed E-state index contributed by atoms with van der Waals surface area (Å²) in [5.74, 6) is 0. The third-order valence-corrected chi connectivity index (χ3v) is 3.19. The number of rotatable bonds is 3. The van der Waals surface area contributed by atoms with Crippen molar-refractivity contribution in [3.63, 3.8) is 0 Å². The van der Waals surface area contributed by atoms with Gasteiger partial charge in [0.1, 0.15) is 6.29 Å². The van der Waals surface area contributed by atoms with Crippen molar-refractivity contribution in [2.24, 2.45) is 0 Å². The van der Waals surface area contributed by atoms with Crippen molar-refractivity contribution < 1.29 is 4.79 Å². The maximum Gasteiger partial charge on any atom is 0.150 e. The van der Waals surface area contributed by atoms with Crippen LogP contribution in [0.3, 0.4) is 0 Å². The smallest absolute Gasteiger partial charge is 0.150 e. The summed E-state index contributed by atoms with van der Waals surface area (Å²) in [5, 5.41) is 0.663. The number of aldehydes is 1. The fourth-order valence-corrected chi connectivity index (χ4v) is 1.71. The largest absolute Gasteiger partial charge is 0.298 e. The summed E-state index contributed by atoms with van der Waals surface area (Å²) >= 11 is 11.9. The molecule has 0 spiro atoms. The number of hydrogen-bond acceptors (Lipinski definition) is 1. The van der Waals surface area contributed by atoms with Gasteiger partial charge < -0.3 is 0 Å². The summed E-state index contributed by atoms with van der Waals surface area (Å²) in [6.45, 7) is 0. The Labute approximate surface area is 98.7 Å². The second-order valence-corrected chi connectivity index (χ2v) is 4.95. The molecule has 0 N–H and O–H groups in total. The van der Waals surface area contributed by atoms with E-state index in [1.54, 1.807) is 12.1 Å². The number of carbonyl (C=O) groups is 1. The van der Waals surface area contributed by atoms with E-state index >= 15 is 0 Å². The molecule has 0 unspecified atom stereocenters. The van der Waals surface area contributed by atoms with Crippen molar-refractivity contribution in [2.45, 2.75) is 17.7 Å². The number of alkyl halides is 1. The molecule has 1 aromatic rings. The second kappa shape index (κ2) is 3.99. The van der Waals surface area contributed by atoms with Gasteiger partial charge in [-0.15, -0.1) is 11.6 Å². The molecule has 1 nitrogen and oxygen atoms in total. The van der Waals surface area contributed by atoms with Crippen LogP contribution in [0.4, 0.5) is 0 Å². The maximum absolute atomic E-state index is 10.9. The molecule has 15 heavy (non-hydrogen) atoms. The highest BCUT2D eigenvalue weighted by Crippen LogP contribution is 2.45. The second-order valence-electron chi connectivity index (χ2n) is 3.76. The van der Waals surface area contributed by atoms with Gasteiger partial charge in [-0.2, -0.15) is 0 Å². The normalized spacial score (nSPS) is 18.7. The molecular weight excluding hydrogens is 231 g/mol. The van der Waals surface area contributed by atoms with Gasteiger partial charge in [-0.1, -0.05) is 29.8 Å². The van der Waals surface area contributed by atoms with Crippen molar-refractivity contribution >= 4 is 35.1 Å². The van der Waals surface area contributed by atoms with Crippen LogP contribution in [-0.2, 0) is 4.79 Å². The van der Waals surface area contributed by atoms with Gasteiger partial charge in [0.25, 0.3) is 0 Å². The molecule has 0 radical (unpaired) electrons. The van der Waals surface area contributed by atoms with Gasteiger partial charge in [0.2, 0.25) is 0 Å². The number of carbonyl (C=O) groups excluding carboxylic acids is 1. The quantitative estimate of drug-likeness (QED) is 0.448. The monoisotopic (exact) mass is 240 g/mol. The first-order valence-corrected chi connectivity index (χ1v) is 5.51. The maximum atomic E-state index is 10.9. The minimum atomic E-state index is -0.282. The molecule has 78 valence electrons. The van der Waals surface area contributed by atoms with Crippen molar-refractivity contribution in [1.82, 2.24) is 0 Å². The van der Waals surface area contributed by atoms with Crippen molar-refractivity contribution in [3.8, 4) is 0 Å². The molecule has 0 heterocycles. The fourth-order valence-electron chi connectivity index (χ4n) is 1.37. The minimum absolute atomic E-state index is 0.282. The van der Waals surface area contributed by atoms with Gasteiger partial charge in [-0.05, 0) is 30.5 Å². The number of halogens is 2. The Hall–Kier alpha value is -0.790. The lowest BCUT2D eigenvalue weighted by molar-refractivity contribution is -0.103. The van der Waals surface area contributed by atoms with Crippen LogP contribution in [0.5, 0.6) is 0 Å². The topological polar surface area (TPSA) is 17.1 Å². The predicted octanol–water partition coefficient (Wildman–Crippen LogP) is 3.69. The Morgan fingerprint density at radius 3 is 2.33 bits per heavy atom. The minimum Gasteiger partial charge on any atom is -0.298 e. The van der Waals surface area contributed by atoms with Gasteiger partial charge in [-0.3, -0.25) is 4.79 Å². The van der Waals surface area contributed by atoms with Crippen LogP contribution in [0.25, 0.3) is 5.57 Å². The zero-order chi connectivity index (χ0) is 10.9. The first-order valence-electron chi connectivity index (χ1n) is 4.76. The first kappa shape index (κ1) is 10.7. The van der Waals surface area contributed by atoms with Crippen LogP contribution in [0.15, 0.2) is 30.3 Å². The molecule has 0 bridgehead atoms. The molecule has 1 aliphatic rings. The molecule has 1 fully saturated rings. The third-order valence-electron chi connectivity index (χ3n) is 2.45. The Balaban J connectivity index is 2.30. The van der Waals surface area contributed by atoms with E-state index in [9.17, 15) is 4.79 Å². The Bertz CT molecular complexity index is 402. The Morgan fingerprint density at radius 1 is 1.27 bits per heavy atom. The number of allylic oxidation sites excluding steroid dienone is 2. The van der Waals surface area contributed by atoms with Crippen LogP contribution in [0.2, 0.25) is 5.02 Å². The molecule has 1 saturated carbocycles. The van der Waals surface area contributed by atoms with Crippen molar-refractivity contribution in [1.29, 1.82) is 0 Å². The molecule has 0 aromatic heterocycles. The van der Waals surface area contributed by atoms with Crippen LogP contribution in [0.1, 0.15) is 18.4 Å². The zero-order valence-corrected chi connectivity index (χ0v) is 9.55. The van der Waals surface area contributed by atoms with E-state index in [0.717, 1.165) is 24.7 Å². The predicted molar refractivity (Wildman–Crippen MR) is 63.3 cm³/mol. The highest BCUT2D eigenvalue weighted by molar-refractivity contribution is 6.30. The molecule has 1 aliphatic carbocycles. The van der Waals surface area contributed by atoms with Gasteiger partial charge in [0.15, 0.2) is 0 Å². The lowest BCUT2D eigenvalue weighted by Gasteiger charge is -2.03. The number of benzene rings is 1. The summed E-state index contributed by atoms with van der Waals surface area (Å²) in [5.41, 5.74) is 1.50. The van der Waals surface area contributed by atoms with Crippen LogP contribution < -0.4 is 0 Å². The summed E-state index contributed by atoms with van der Waals surface area (Å²) in [6.07, 6.45) is 4.56. The first-order chi connectivity index (χ1) is 7.13. The number of hydrogen-bond donors (Lipinski definition) is 0. The molecule has 0 saturated heterocycles. The van der Waals surface area contributed by atoms with Crippen LogP contribution >= 0.6 is 23.2 Å². The molecule has 0 amide bonds. The Kier molecular flexibility index (Phi) is 2.85. The molecule has 0 atom stereocenters. The van der Waals surface area contributed by atoms with Gasteiger partial charge in [-0.25, -0.2) is 0 Å². The van der Waals surface area contributed by atoms with Gasteiger partial charge in [0, 0.05) is 10.6 Å². The van der Waals surface area contributed by atoms with Crippen LogP contribution in [0, 0.1) is 0 Å². The fraction of sp³-hybridized carbons (Fsp3) is 0.250. The lowest BCUT2D eigenvalue weighted by Crippen LogP contribution is -1.95. The van der Waals surface area contributed by atoms with E-state index in [0.29, 0.717) is 10.6 Å². The van der Waals surface area contributed by atoms with E-state index in [1.807, 2.05) is 18.2 Å². The average Bonchev–Trinajstić information content (AvgIpc) is 2.95. The summed E-state index contributed by atoms with van der Waals surface area (Å²) < 4.78 is 0. The van der Waals surface area contributed by atoms with Gasteiger partial charge >= 0.3 is 0 Å². The van der Waals surface area contributed by atoms with E-state index in [1.165, 1.54) is 0 Å². The summed E-state index contributed by atoms with van der Waals surface area (Å²) in [4.78, 5) is 10.7. The average molecular weight is 241 g/mol. The van der Waals surface area contributed by atoms with E-state index in [4.69, 9.17) is 23.2 Å². The van der Waals surface area contributed by atoms with E-state index < -0.39 is 0 Å². The third kappa shape index (κ3) is 2.61. The van der Waals surface area contributed by atoms with E-state index in [2.05, 4.69) is 0 Å². The van der Waals surface area contributed by atoms with Crippen LogP contribution in [-0.4, -0.2) is 11.2 Å². The van der Waals surface area contributed by atoms with Gasteiger partial charge in [0.05, 0.1) is 4.87 Å². The summed E-state index contributed by atoms with van der Waals surface area (Å²) in [6, 6.07) is 7.18. The standard InChI is InChI=1S/C12H10Cl2O/c13-11-3-1-9(2-4-11)10(8-15)7-12(14)5-6-12/h1-4,7-8H,5-6H2/b10-7+. The Morgan fingerprint density at radius 2 is 1.87 bits per heavy atom. The summed E-state index contributed by atoms with van der Waals surface area (Å²) in [7, 11) is 0. The van der Waals surface area contributed by atoms with Crippen molar-refractivity contribution in [2.75, 3.05) is 0 Å². The van der Waals surface area contributed by atoms with E-state index in [-0.39, 0.29) is 4.87 Å². The lowest BCUT2D eigenvalue weighted by atomic mass is 10.1.